The second-order valence-electron chi connectivity index (χ2n) is 4.76. The number of aromatic nitrogens is 1. The summed E-state index contributed by atoms with van der Waals surface area (Å²) in [5.41, 5.74) is 1.28. The molecular weight excluding hydrogens is 267 g/mol. The molecule has 0 aliphatic carbocycles. The van der Waals surface area contributed by atoms with Crippen LogP contribution < -0.4 is 5.56 Å². The smallest absolute Gasteiger partial charge is 0.259 e. The molecule has 3 aromatic rings. The van der Waals surface area contributed by atoms with E-state index in [9.17, 15) is 14.4 Å². The van der Waals surface area contributed by atoms with Crippen molar-refractivity contribution in [1.82, 2.24) is 4.57 Å². The van der Waals surface area contributed by atoms with Crippen LogP contribution in [0, 0.1) is 17.1 Å². The number of nitriles is 1. The summed E-state index contributed by atoms with van der Waals surface area (Å²) in [6.07, 6.45) is 0. The summed E-state index contributed by atoms with van der Waals surface area (Å²) < 4.78 is 14.9. The lowest BCUT2D eigenvalue weighted by atomic mass is 9.97. The Morgan fingerprint density at radius 2 is 1.81 bits per heavy atom. The highest BCUT2D eigenvalue weighted by Crippen LogP contribution is 2.30. The number of hydrogen-bond donors (Lipinski definition) is 0. The molecule has 0 unspecified atom stereocenters. The second-order valence-corrected chi connectivity index (χ2v) is 4.76. The zero-order valence-electron chi connectivity index (χ0n) is 11.3. The third-order valence-corrected chi connectivity index (χ3v) is 3.53. The summed E-state index contributed by atoms with van der Waals surface area (Å²) in [5.74, 6) is -0.433. The van der Waals surface area contributed by atoms with Crippen LogP contribution in [0.5, 0.6) is 0 Å². The molecule has 0 saturated heterocycles. The Morgan fingerprint density at radius 3 is 2.48 bits per heavy atom. The van der Waals surface area contributed by atoms with Crippen molar-refractivity contribution in [1.29, 1.82) is 5.26 Å². The maximum absolute atomic E-state index is 13.6. The van der Waals surface area contributed by atoms with E-state index in [-0.39, 0.29) is 11.3 Å². The minimum atomic E-state index is -0.433. The highest BCUT2D eigenvalue weighted by Gasteiger charge is 2.16. The van der Waals surface area contributed by atoms with E-state index in [0.717, 1.165) is 5.56 Å². The molecule has 3 nitrogen and oxygen atoms in total. The van der Waals surface area contributed by atoms with Crippen LogP contribution in [0.3, 0.4) is 0 Å². The number of nitrogens with zero attached hydrogens (tertiary/aromatic N) is 2. The molecule has 0 atom stereocenters. The number of halogens is 1. The second kappa shape index (κ2) is 4.88. The van der Waals surface area contributed by atoms with Crippen molar-refractivity contribution >= 4 is 10.8 Å². The fraction of sp³-hybridized carbons (Fsp3) is 0.0588. The number of benzene rings is 2. The molecule has 0 aliphatic heterocycles. The first kappa shape index (κ1) is 13.1. The molecule has 0 N–H and O–H groups in total. The highest BCUT2D eigenvalue weighted by atomic mass is 19.1. The Morgan fingerprint density at radius 1 is 1.10 bits per heavy atom. The monoisotopic (exact) mass is 278 g/mol. The fourth-order valence-electron chi connectivity index (χ4n) is 2.52. The van der Waals surface area contributed by atoms with Gasteiger partial charge in [0.1, 0.15) is 17.6 Å². The summed E-state index contributed by atoms with van der Waals surface area (Å²) >= 11 is 0. The lowest BCUT2D eigenvalue weighted by molar-refractivity contribution is 0.629. The van der Waals surface area contributed by atoms with Gasteiger partial charge in [-0.3, -0.25) is 4.79 Å². The highest BCUT2D eigenvalue weighted by molar-refractivity contribution is 5.98. The third kappa shape index (κ3) is 2.00. The van der Waals surface area contributed by atoms with Gasteiger partial charge in [0.2, 0.25) is 0 Å². The van der Waals surface area contributed by atoms with Gasteiger partial charge >= 0.3 is 0 Å². The summed E-state index contributed by atoms with van der Waals surface area (Å²) in [5, 5.41) is 10.3. The number of rotatable bonds is 1. The Hall–Kier alpha value is -2.93. The Balaban J connectivity index is 2.58. The van der Waals surface area contributed by atoms with Crippen molar-refractivity contribution in [3.63, 3.8) is 0 Å². The van der Waals surface area contributed by atoms with Crippen molar-refractivity contribution in [2.24, 2.45) is 7.05 Å². The van der Waals surface area contributed by atoms with Crippen molar-refractivity contribution < 1.29 is 4.39 Å². The van der Waals surface area contributed by atoms with Gasteiger partial charge < -0.3 is 4.57 Å². The van der Waals surface area contributed by atoms with Crippen LogP contribution in [-0.4, -0.2) is 4.57 Å². The molecule has 0 amide bonds. The van der Waals surface area contributed by atoms with Crippen LogP contribution >= 0.6 is 0 Å². The maximum Gasteiger partial charge on any atom is 0.259 e. The molecule has 2 aromatic carbocycles. The molecule has 0 radical (unpaired) electrons. The van der Waals surface area contributed by atoms with Crippen LogP contribution in [0.4, 0.5) is 4.39 Å². The normalized spacial score (nSPS) is 10.5. The molecule has 4 heteroatoms. The van der Waals surface area contributed by atoms with Crippen molar-refractivity contribution in [2.75, 3.05) is 0 Å². The van der Waals surface area contributed by atoms with Crippen molar-refractivity contribution in [3.8, 4) is 17.2 Å². The zero-order valence-corrected chi connectivity index (χ0v) is 11.3. The Labute approximate surface area is 120 Å². The molecule has 0 saturated carbocycles. The molecule has 1 aromatic heterocycles. The number of pyridine rings is 1. The third-order valence-electron chi connectivity index (χ3n) is 3.53. The van der Waals surface area contributed by atoms with E-state index in [4.69, 9.17) is 0 Å². The Kier molecular flexibility index (Phi) is 3.03. The van der Waals surface area contributed by atoms with E-state index >= 15 is 0 Å². The molecule has 0 spiro atoms. The molecule has 1 heterocycles. The predicted octanol–water partition coefficient (Wildman–Crippen LogP) is 3.22. The predicted molar refractivity (Wildman–Crippen MR) is 79.3 cm³/mol. The average Bonchev–Trinajstić information content (AvgIpc) is 2.51. The fourth-order valence-corrected chi connectivity index (χ4v) is 2.52. The summed E-state index contributed by atoms with van der Waals surface area (Å²) in [4.78, 5) is 12.3. The van der Waals surface area contributed by atoms with Gasteiger partial charge in [-0.05, 0) is 23.8 Å². The summed E-state index contributed by atoms with van der Waals surface area (Å²) in [6.45, 7) is 0. The SMILES string of the molecule is Cn1c(C#N)c(-c2ccccc2)c2cc(F)ccc2c1=O. The standard InChI is InChI=1S/C17H11FN2O/c1-20-15(10-19)16(11-5-3-2-4-6-11)14-9-12(18)7-8-13(14)17(20)21/h2-9H,1H3. The van der Waals surface area contributed by atoms with Gasteiger partial charge in [0.25, 0.3) is 5.56 Å². The summed E-state index contributed by atoms with van der Waals surface area (Å²) in [7, 11) is 1.55. The van der Waals surface area contributed by atoms with Crippen LogP contribution in [0.2, 0.25) is 0 Å². The van der Waals surface area contributed by atoms with Gasteiger partial charge in [0, 0.05) is 23.4 Å². The van der Waals surface area contributed by atoms with E-state index in [0.29, 0.717) is 16.3 Å². The first-order valence-electron chi connectivity index (χ1n) is 6.41. The minimum absolute atomic E-state index is 0.226. The van der Waals surface area contributed by atoms with E-state index in [2.05, 4.69) is 6.07 Å². The first-order valence-corrected chi connectivity index (χ1v) is 6.41. The Bertz CT molecular complexity index is 937. The number of hydrogen-bond acceptors (Lipinski definition) is 2. The van der Waals surface area contributed by atoms with Gasteiger partial charge in [0.05, 0.1) is 0 Å². The average molecular weight is 278 g/mol. The van der Waals surface area contributed by atoms with Gasteiger partial charge in [-0.25, -0.2) is 4.39 Å². The van der Waals surface area contributed by atoms with Gasteiger partial charge in [-0.2, -0.15) is 5.26 Å². The van der Waals surface area contributed by atoms with Crippen LogP contribution in [-0.2, 0) is 7.05 Å². The molecule has 0 aliphatic rings. The van der Waals surface area contributed by atoms with Crippen molar-refractivity contribution in [2.45, 2.75) is 0 Å². The van der Waals surface area contributed by atoms with E-state index in [1.54, 1.807) is 7.05 Å². The number of fused-ring (bicyclic) bond motifs is 1. The van der Waals surface area contributed by atoms with Crippen LogP contribution in [0.15, 0.2) is 53.3 Å². The molecule has 0 bridgehead atoms. The maximum atomic E-state index is 13.6. The first-order chi connectivity index (χ1) is 10.1. The van der Waals surface area contributed by atoms with E-state index in [1.165, 1.54) is 22.8 Å². The van der Waals surface area contributed by atoms with E-state index < -0.39 is 5.82 Å². The van der Waals surface area contributed by atoms with Gasteiger partial charge in [-0.1, -0.05) is 30.3 Å². The molecule has 0 fully saturated rings. The minimum Gasteiger partial charge on any atom is -0.302 e. The molecule has 102 valence electrons. The molecule has 3 rings (SSSR count). The largest absolute Gasteiger partial charge is 0.302 e. The van der Waals surface area contributed by atoms with Gasteiger partial charge in [0.15, 0.2) is 0 Å². The lowest BCUT2D eigenvalue weighted by Crippen LogP contribution is -2.20. The van der Waals surface area contributed by atoms with E-state index in [1.807, 2.05) is 30.3 Å². The lowest BCUT2D eigenvalue weighted by Gasteiger charge is -2.12. The summed E-state index contributed by atoms with van der Waals surface area (Å²) in [6, 6.07) is 15.3. The van der Waals surface area contributed by atoms with Crippen LogP contribution in [0.25, 0.3) is 21.9 Å². The quantitative estimate of drug-likeness (QED) is 0.686. The van der Waals surface area contributed by atoms with Gasteiger partial charge in [-0.15, -0.1) is 0 Å². The molecular formula is C17H11FN2O. The zero-order chi connectivity index (χ0) is 15.0. The molecule has 21 heavy (non-hydrogen) atoms. The topological polar surface area (TPSA) is 45.8 Å². The van der Waals surface area contributed by atoms with Crippen LogP contribution in [0.1, 0.15) is 5.69 Å². The van der Waals surface area contributed by atoms with Crippen molar-refractivity contribution in [3.05, 3.63) is 70.4 Å².